The number of hydrogen-bond donors (Lipinski definition) is 1. The van der Waals surface area contributed by atoms with Gasteiger partial charge in [-0.15, -0.1) is 0 Å². The lowest BCUT2D eigenvalue weighted by molar-refractivity contribution is 0.152. The van der Waals surface area contributed by atoms with Crippen LogP contribution in [-0.4, -0.2) is 29.5 Å². The zero-order chi connectivity index (χ0) is 14.7. The zero-order valence-electron chi connectivity index (χ0n) is 12.7. The molecular weight excluding hydrogens is 262 g/mol. The highest BCUT2D eigenvalue weighted by atomic mass is 16.5. The highest BCUT2D eigenvalue weighted by Gasteiger charge is 2.31. The van der Waals surface area contributed by atoms with Crippen LogP contribution in [-0.2, 0) is 4.74 Å². The van der Waals surface area contributed by atoms with Gasteiger partial charge in [0.25, 0.3) is 0 Å². The van der Waals surface area contributed by atoms with Crippen molar-refractivity contribution in [3.8, 4) is 5.69 Å². The molecular formula is C17H23N3O. The fourth-order valence-corrected chi connectivity index (χ4v) is 2.77. The van der Waals surface area contributed by atoms with E-state index >= 15 is 0 Å². The number of benzene rings is 1. The first-order valence-electron chi connectivity index (χ1n) is 7.63. The Bertz CT molecular complexity index is 563. The van der Waals surface area contributed by atoms with Crippen molar-refractivity contribution >= 4 is 0 Å². The van der Waals surface area contributed by atoms with Crippen molar-refractivity contribution in [3.63, 3.8) is 0 Å². The molecule has 4 nitrogen and oxygen atoms in total. The van der Waals surface area contributed by atoms with E-state index in [4.69, 9.17) is 4.74 Å². The Morgan fingerprint density at radius 3 is 2.90 bits per heavy atom. The van der Waals surface area contributed by atoms with Crippen LogP contribution in [0.25, 0.3) is 5.69 Å². The lowest BCUT2D eigenvalue weighted by Crippen LogP contribution is -2.37. The molecule has 4 heteroatoms. The van der Waals surface area contributed by atoms with Crippen molar-refractivity contribution in [2.75, 3.05) is 13.7 Å². The van der Waals surface area contributed by atoms with Gasteiger partial charge < -0.3 is 10.1 Å². The second kappa shape index (κ2) is 6.41. The Morgan fingerprint density at radius 2 is 2.24 bits per heavy atom. The van der Waals surface area contributed by atoms with Gasteiger partial charge in [-0.3, -0.25) is 0 Å². The standard InChI is InChI=1S/C17H23N3O/c1-13(19-17(12-21-2)14-7-8-14)15-5-3-6-16(11-15)20-10-4-9-18-20/h3-6,9-11,13-14,17,19H,7-8,12H2,1-2H3. The first-order chi connectivity index (χ1) is 10.3. The summed E-state index contributed by atoms with van der Waals surface area (Å²) in [5, 5.41) is 8.01. The summed E-state index contributed by atoms with van der Waals surface area (Å²) >= 11 is 0. The van der Waals surface area contributed by atoms with Crippen LogP contribution >= 0.6 is 0 Å². The maximum Gasteiger partial charge on any atom is 0.0648 e. The quantitative estimate of drug-likeness (QED) is 0.850. The average molecular weight is 285 g/mol. The Labute approximate surface area is 126 Å². The molecule has 112 valence electrons. The maximum absolute atomic E-state index is 5.35. The monoisotopic (exact) mass is 285 g/mol. The molecule has 1 aliphatic carbocycles. The summed E-state index contributed by atoms with van der Waals surface area (Å²) in [4.78, 5) is 0. The van der Waals surface area contributed by atoms with E-state index in [0.717, 1.165) is 18.2 Å². The summed E-state index contributed by atoms with van der Waals surface area (Å²) in [6, 6.07) is 11.2. The van der Waals surface area contributed by atoms with Gasteiger partial charge >= 0.3 is 0 Å². The first-order valence-corrected chi connectivity index (χ1v) is 7.63. The van der Waals surface area contributed by atoms with Crippen LogP contribution in [0.5, 0.6) is 0 Å². The Morgan fingerprint density at radius 1 is 1.38 bits per heavy atom. The molecule has 0 spiro atoms. The molecule has 1 aromatic carbocycles. The molecule has 1 heterocycles. The predicted molar refractivity (Wildman–Crippen MR) is 83.5 cm³/mol. The van der Waals surface area contributed by atoms with E-state index in [2.05, 4.69) is 41.6 Å². The summed E-state index contributed by atoms with van der Waals surface area (Å²) in [5.74, 6) is 0.779. The van der Waals surface area contributed by atoms with Crippen LogP contribution in [0, 0.1) is 5.92 Å². The van der Waals surface area contributed by atoms with Crippen LogP contribution in [0.2, 0.25) is 0 Å². The van der Waals surface area contributed by atoms with Crippen LogP contribution in [0.3, 0.4) is 0 Å². The number of nitrogens with zero attached hydrogens (tertiary/aromatic N) is 2. The van der Waals surface area contributed by atoms with E-state index in [-0.39, 0.29) is 0 Å². The summed E-state index contributed by atoms with van der Waals surface area (Å²) in [5.41, 5.74) is 2.38. The second-order valence-electron chi connectivity index (χ2n) is 5.83. The lowest BCUT2D eigenvalue weighted by Gasteiger charge is -2.23. The van der Waals surface area contributed by atoms with Crippen LogP contribution in [0.4, 0.5) is 0 Å². The fourth-order valence-electron chi connectivity index (χ4n) is 2.77. The maximum atomic E-state index is 5.35. The van der Waals surface area contributed by atoms with Gasteiger partial charge in [-0.1, -0.05) is 12.1 Å². The minimum absolute atomic E-state index is 0.307. The molecule has 0 aliphatic heterocycles. The molecule has 0 radical (unpaired) electrons. The molecule has 1 saturated carbocycles. The van der Waals surface area contributed by atoms with Gasteiger partial charge in [-0.05, 0) is 49.4 Å². The number of methoxy groups -OCH3 is 1. The zero-order valence-corrected chi connectivity index (χ0v) is 12.7. The van der Waals surface area contributed by atoms with Crippen molar-refractivity contribution < 1.29 is 4.74 Å². The number of aromatic nitrogens is 2. The van der Waals surface area contributed by atoms with Crippen LogP contribution in [0.1, 0.15) is 31.4 Å². The minimum Gasteiger partial charge on any atom is -0.383 e. The summed E-state index contributed by atoms with van der Waals surface area (Å²) in [6.45, 7) is 3.00. The molecule has 1 aromatic heterocycles. The molecule has 2 unspecified atom stereocenters. The molecule has 0 bridgehead atoms. The third-order valence-corrected chi connectivity index (χ3v) is 4.14. The number of ether oxygens (including phenoxy) is 1. The smallest absolute Gasteiger partial charge is 0.0648 e. The molecule has 3 rings (SSSR count). The second-order valence-corrected chi connectivity index (χ2v) is 5.83. The Hall–Kier alpha value is -1.65. The predicted octanol–water partition coefficient (Wildman–Crippen LogP) is 2.95. The molecule has 21 heavy (non-hydrogen) atoms. The molecule has 0 saturated heterocycles. The SMILES string of the molecule is COCC(NC(C)c1cccc(-n2cccn2)c1)C1CC1. The molecule has 2 atom stereocenters. The van der Waals surface area contributed by atoms with E-state index in [0.29, 0.717) is 12.1 Å². The van der Waals surface area contributed by atoms with Crippen LogP contribution in [0.15, 0.2) is 42.7 Å². The van der Waals surface area contributed by atoms with Crippen molar-refractivity contribution in [1.29, 1.82) is 0 Å². The van der Waals surface area contributed by atoms with Gasteiger partial charge in [-0.2, -0.15) is 5.10 Å². The summed E-state index contributed by atoms with van der Waals surface area (Å²) in [7, 11) is 1.78. The number of rotatable bonds is 7. The van der Waals surface area contributed by atoms with Gasteiger partial charge in [0.2, 0.25) is 0 Å². The Balaban J connectivity index is 1.72. The van der Waals surface area contributed by atoms with Crippen molar-refractivity contribution in [2.24, 2.45) is 5.92 Å². The van der Waals surface area contributed by atoms with E-state index < -0.39 is 0 Å². The number of hydrogen-bond acceptors (Lipinski definition) is 3. The molecule has 1 fully saturated rings. The minimum atomic E-state index is 0.307. The fraction of sp³-hybridized carbons (Fsp3) is 0.471. The third-order valence-electron chi connectivity index (χ3n) is 4.14. The Kier molecular flexibility index (Phi) is 4.36. The van der Waals surface area contributed by atoms with Crippen LogP contribution < -0.4 is 5.32 Å². The largest absolute Gasteiger partial charge is 0.383 e. The lowest BCUT2D eigenvalue weighted by atomic mass is 10.1. The van der Waals surface area contributed by atoms with E-state index in [1.165, 1.54) is 18.4 Å². The third kappa shape index (κ3) is 3.52. The topological polar surface area (TPSA) is 39.1 Å². The van der Waals surface area contributed by atoms with E-state index in [1.54, 1.807) is 13.3 Å². The van der Waals surface area contributed by atoms with E-state index in [1.807, 2.05) is 16.9 Å². The normalized spacial score (nSPS) is 17.6. The van der Waals surface area contributed by atoms with E-state index in [9.17, 15) is 0 Å². The summed E-state index contributed by atoms with van der Waals surface area (Å²) < 4.78 is 7.24. The summed E-state index contributed by atoms with van der Waals surface area (Å²) in [6.07, 6.45) is 6.41. The highest BCUT2D eigenvalue weighted by Crippen LogP contribution is 2.34. The van der Waals surface area contributed by atoms with Crippen molar-refractivity contribution in [3.05, 3.63) is 48.3 Å². The average Bonchev–Trinajstić information content (AvgIpc) is 3.21. The van der Waals surface area contributed by atoms with Gasteiger partial charge in [-0.25, -0.2) is 4.68 Å². The van der Waals surface area contributed by atoms with Gasteiger partial charge in [0.15, 0.2) is 0 Å². The molecule has 1 N–H and O–H groups in total. The molecule has 0 amide bonds. The van der Waals surface area contributed by atoms with Gasteiger partial charge in [0.05, 0.1) is 12.3 Å². The number of nitrogens with one attached hydrogen (secondary N) is 1. The van der Waals surface area contributed by atoms with Crippen molar-refractivity contribution in [1.82, 2.24) is 15.1 Å². The molecule has 2 aromatic rings. The van der Waals surface area contributed by atoms with Crippen molar-refractivity contribution in [2.45, 2.75) is 31.8 Å². The van der Waals surface area contributed by atoms with Gasteiger partial charge in [0, 0.05) is 31.6 Å². The first kappa shape index (κ1) is 14.3. The van der Waals surface area contributed by atoms with Gasteiger partial charge in [0.1, 0.15) is 0 Å². The highest BCUT2D eigenvalue weighted by molar-refractivity contribution is 5.36. The molecule has 1 aliphatic rings.